The van der Waals surface area contributed by atoms with Crippen LogP contribution in [0.4, 0.5) is 5.13 Å². The fourth-order valence-corrected chi connectivity index (χ4v) is 2.79. The Kier molecular flexibility index (Phi) is 6.18. The van der Waals surface area contributed by atoms with Crippen molar-refractivity contribution in [2.24, 2.45) is 5.10 Å². The van der Waals surface area contributed by atoms with Crippen LogP contribution in [-0.4, -0.2) is 43.1 Å². The largest absolute Gasteiger partial charge is 0.502 e. The first-order valence-electron chi connectivity index (χ1n) is 7.38. The Morgan fingerprint density at radius 3 is 2.56 bits per heavy atom. The summed E-state index contributed by atoms with van der Waals surface area (Å²) in [6.07, 6.45) is 1.52. The van der Waals surface area contributed by atoms with Gasteiger partial charge < -0.3 is 19.3 Å². The molecular weight excluding hydrogens is 346 g/mol. The van der Waals surface area contributed by atoms with Gasteiger partial charge in [-0.3, -0.25) is 5.43 Å². The van der Waals surface area contributed by atoms with Crippen LogP contribution >= 0.6 is 11.3 Å². The second-order valence-corrected chi connectivity index (χ2v) is 5.80. The molecule has 1 aromatic carbocycles. The molecule has 0 fully saturated rings. The van der Waals surface area contributed by atoms with Crippen LogP contribution < -0.4 is 14.9 Å². The zero-order valence-corrected chi connectivity index (χ0v) is 15.1. The molecule has 0 spiro atoms. The molecule has 25 heavy (non-hydrogen) atoms. The molecular formula is C16H19N3O5S. The van der Waals surface area contributed by atoms with Crippen molar-refractivity contribution < 1.29 is 24.1 Å². The number of hydrogen-bond acceptors (Lipinski definition) is 9. The number of thiazole rings is 1. The van der Waals surface area contributed by atoms with Gasteiger partial charge in [0.15, 0.2) is 11.5 Å². The van der Waals surface area contributed by atoms with Gasteiger partial charge in [0.2, 0.25) is 10.9 Å². The lowest BCUT2D eigenvalue weighted by molar-refractivity contribution is 0.0531. The normalized spacial score (nSPS) is 10.7. The zero-order valence-electron chi connectivity index (χ0n) is 14.3. The Labute approximate surface area is 149 Å². The van der Waals surface area contributed by atoms with E-state index in [0.29, 0.717) is 27.9 Å². The maximum Gasteiger partial charge on any atom is 0.350 e. The number of nitrogens with one attached hydrogen (secondary N) is 1. The van der Waals surface area contributed by atoms with Crippen molar-refractivity contribution in [3.63, 3.8) is 0 Å². The summed E-state index contributed by atoms with van der Waals surface area (Å²) in [4.78, 5) is 16.4. The highest BCUT2D eigenvalue weighted by Crippen LogP contribution is 2.36. The van der Waals surface area contributed by atoms with E-state index in [1.165, 1.54) is 20.4 Å². The van der Waals surface area contributed by atoms with Crippen LogP contribution in [-0.2, 0) is 4.74 Å². The van der Waals surface area contributed by atoms with Gasteiger partial charge in [-0.25, -0.2) is 9.78 Å². The number of carbonyl (C=O) groups is 1. The Morgan fingerprint density at radius 2 is 2.00 bits per heavy atom. The van der Waals surface area contributed by atoms with Crippen LogP contribution in [0.15, 0.2) is 17.2 Å². The lowest BCUT2D eigenvalue weighted by Gasteiger charge is -2.09. The number of rotatable bonds is 7. The van der Waals surface area contributed by atoms with Gasteiger partial charge in [0.05, 0.1) is 32.7 Å². The molecule has 0 saturated heterocycles. The van der Waals surface area contributed by atoms with E-state index in [1.807, 2.05) is 0 Å². The number of hydrogen-bond donors (Lipinski definition) is 2. The number of aryl methyl sites for hydroxylation is 1. The Bertz CT molecular complexity index is 763. The highest BCUT2D eigenvalue weighted by atomic mass is 32.1. The van der Waals surface area contributed by atoms with E-state index in [2.05, 4.69) is 15.5 Å². The number of aromatic nitrogens is 1. The van der Waals surface area contributed by atoms with E-state index in [9.17, 15) is 9.90 Å². The number of methoxy groups -OCH3 is 2. The quantitative estimate of drug-likeness (QED) is 0.442. The summed E-state index contributed by atoms with van der Waals surface area (Å²) in [5.41, 5.74) is 3.99. The Morgan fingerprint density at radius 1 is 1.36 bits per heavy atom. The smallest absolute Gasteiger partial charge is 0.350 e. The first kappa shape index (κ1) is 18.5. The van der Waals surface area contributed by atoms with Crippen molar-refractivity contribution in [3.05, 3.63) is 28.3 Å². The first-order valence-corrected chi connectivity index (χ1v) is 8.20. The molecule has 0 radical (unpaired) electrons. The predicted octanol–water partition coefficient (Wildman–Crippen LogP) is 2.80. The molecule has 8 nitrogen and oxygen atoms in total. The van der Waals surface area contributed by atoms with Crippen molar-refractivity contribution in [3.8, 4) is 17.2 Å². The average molecular weight is 365 g/mol. The monoisotopic (exact) mass is 365 g/mol. The molecule has 0 atom stereocenters. The molecule has 0 unspecified atom stereocenters. The van der Waals surface area contributed by atoms with Gasteiger partial charge in [-0.05, 0) is 26.0 Å². The third-order valence-corrected chi connectivity index (χ3v) is 4.18. The Balaban J connectivity index is 2.14. The minimum absolute atomic E-state index is 0.0789. The van der Waals surface area contributed by atoms with Crippen LogP contribution in [0.5, 0.6) is 17.2 Å². The third kappa shape index (κ3) is 4.38. The zero-order chi connectivity index (χ0) is 18.4. The number of anilines is 1. The number of esters is 1. The topological polar surface area (TPSA) is 102 Å². The summed E-state index contributed by atoms with van der Waals surface area (Å²) >= 11 is 1.16. The maximum absolute atomic E-state index is 11.8. The third-order valence-electron chi connectivity index (χ3n) is 3.13. The fourth-order valence-electron chi connectivity index (χ4n) is 1.98. The van der Waals surface area contributed by atoms with Crippen molar-refractivity contribution in [2.75, 3.05) is 26.3 Å². The molecule has 0 amide bonds. The van der Waals surface area contributed by atoms with E-state index < -0.39 is 5.97 Å². The van der Waals surface area contributed by atoms with Crippen LogP contribution in [0.2, 0.25) is 0 Å². The number of aromatic hydroxyl groups is 1. The molecule has 0 bridgehead atoms. The van der Waals surface area contributed by atoms with Crippen molar-refractivity contribution in [2.45, 2.75) is 13.8 Å². The molecule has 0 aliphatic rings. The van der Waals surface area contributed by atoms with Gasteiger partial charge in [0, 0.05) is 5.56 Å². The second-order valence-electron chi connectivity index (χ2n) is 4.80. The van der Waals surface area contributed by atoms with Crippen molar-refractivity contribution >= 4 is 28.7 Å². The molecule has 0 aliphatic carbocycles. The minimum Gasteiger partial charge on any atom is -0.502 e. The minimum atomic E-state index is -0.400. The maximum atomic E-state index is 11.8. The second kappa shape index (κ2) is 8.34. The van der Waals surface area contributed by atoms with Crippen LogP contribution in [0.25, 0.3) is 0 Å². The van der Waals surface area contributed by atoms with Crippen LogP contribution in [0, 0.1) is 6.92 Å². The number of hydrazone groups is 1. The molecule has 2 N–H and O–H groups in total. The van der Waals surface area contributed by atoms with Gasteiger partial charge >= 0.3 is 5.97 Å². The fraction of sp³-hybridized carbons (Fsp3) is 0.312. The van der Waals surface area contributed by atoms with Crippen molar-refractivity contribution in [1.29, 1.82) is 0 Å². The number of ether oxygens (including phenoxy) is 3. The summed E-state index contributed by atoms with van der Waals surface area (Å²) in [5.74, 6) is 0.0678. The molecule has 9 heteroatoms. The molecule has 0 aliphatic heterocycles. The first-order chi connectivity index (χ1) is 12.0. The number of benzene rings is 1. The molecule has 1 heterocycles. The van der Waals surface area contributed by atoms with Gasteiger partial charge in [0.1, 0.15) is 4.88 Å². The van der Waals surface area contributed by atoms with Crippen molar-refractivity contribution in [1.82, 2.24) is 4.98 Å². The van der Waals surface area contributed by atoms with E-state index in [4.69, 9.17) is 14.2 Å². The van der Waals surface area contributed by atoms with E-state index in [0.717, 1.165) is 11.3 Å². The SMILES string of the molecule is CCOC(=O)c1sc(N/N=C\c2cc(OC)c(O)c(OC)c2)nc1C. The van der Waals surface area contributed by atoms with Crippen LogP contribution in [0.3, 0.4) is 0 Å². The lowest BCUT2D eigenvalue weighted by atomic mass is 10.2. The highest BCUT2D eigenvalue weighted by Gasteiger charge is 2.16. The van der Waals surface area contributed by atoms with Gasteiger partial charge in [-0.15, -0.1) is 0 Å². The lowest BCUT2D eigenvalue weighted by Crippen LogP contribution is -2.03. The average Bonchev–Trinajstić information content (AvgIpc) is 2.97. The number of nitrogens with zero attached hydrogens (tertiary/aromatic N) is 2. The Hall–Kier alpha value is -2.81. The summed E-state index contributed by atoms with van der Waals surface area (Å²) in [5, 5.41) is 14.4. The summed E-state index contributed by atoms with van der Waals surface area (Å²) < 4.78 is 15.1. The molecule has 134 valence electrons. The highest BCUT2D eigenvalue weighted by molar-refractivity contribution is 7.17. The van der Waals surface area contributed by atoms with Crippen LogP contribution in [0.1, 0.15) is 27.9 Å². The van der Waals surface area contributed by atoms with Gasteiger partial charge in [0.25, 0.3) is 0 Å². The number of carbonyl (C=O) groups excluding carboxylic acids is 1. The number of phenols is 1. The summed E-state index contributed by atoms with van der Waals surface area (Å²) in [6.45, 7) is 3.78. The number of phenolic OH excluding ortho intramolecular Hbond substituents is 1. The molecule has 2 aromatic rings. The predicted molar refractivity (Wildman–Crippen MR) is 95.2 cm³/mol. The van der Waals surface area contributed by atoms with Gasteiger partial charge in [-0.2, -0.15) is 5.10 Å². The molecule has 0 saturated carbocycles. The standard InChI is InChI=1S/C16H19N3O5S/c1-5-24-15(21)14-9(2)18-16(25-14)19-17-8-10-6-11(22-3)13(20)12(7-10)23-4/h6-8,20H,5H2,1-4H3,(H,18,19)/b17-8-. The molecule has 1 aromatic heterocycles. The molecule has 2 rings (SSSR count). The summed E-state index contributed by atoms with van der Waals surface area (Å²) in [7, 11) is 2.89. The van der Waals surface area contributed by atoms with E-state index >= 15 is 0 Å². The van der Waals surface area contributed by atoms with E-state index in [-0.39, 0.29) is 17.2 Å². The van der Waals surface area contributed by atoms with Gasteiger partial charge in [-0.1, -0.05) is 11.3 Å². The van der Waals surface area contributed by atoms with E-state index in [1.54, 1.807) is 26.0 Å². The summed E-state index contributed by atoms with van der Waals surface area (Å²) in [6, 6.07) is 3.22.